The molecule has 2 unspecified atom stereocenters. The van der Waals surface area contributed by atoms with Gasteiger partial charge in [-0.25, -0.2) is 0 Å². The highest BCUT2D eigenvalue weighted by molar-refractivity contribution is 5.76. The quantitative estimate of drug-likeness (QED) is 0.0321. The number of nitrogens with one attached hydrogen (secondary N) is 1. The van der Waals surface area contributed by atoms with Crippen molar-refractivity contribution in [2.45, 2.75) is 353 Å². The summed E-state index contributed by atoms with van der Waals surface area (Å²) in [6.45, 7) is 4.92. The highest BCUT2D eigenvalue weighted by Gasteiger charge is 2.18. The molecule has 0 aromatic heterocycles. The van der Waals surface area contributed by atoms with Gasteiger partial charge < -0.3 is 20.3 Å². The predicted octanol–water partition coefficient (Wildman–Crippen LogP) is 18.9. The van der Waals surface area contributed by atoms with E-state index in [0.717, 1.165) is 44.9 Å². The highest BCUT2D eigenvalue weighted by atomic mass is 16.5. The summed E-state index contributed by atoms with van der Waals surface area (Å²) in [5.41, 5.74) is 0. The van der Waals surface area contributed by atoms with Crippen LogP contribution in [0.2, 0.25) is 0 Å². The molecule has 0 bridgehead atoms. The molecule has 0 fully saturated rings. The number of aliphatic hydroxyl groups is 2. The fourth-order valence-corrected chi connectivity index (χ4v) is 9.64. The van der Waals surface area contributed by atoms with Crippen molar-refractivity contribution in [1.29, 1.82) is 0 Å². The number of allylic oxidation sites excluding steroid dienone is 1. The van der Waals surface area contributed by atoms with Gasteiger partial charge in [0.15, 0.2) is 0 Å². The number of carbonyl (C=O) groups excluding carboxylic acids is 2. The van der Waals surface area contributed by atoms with Crippen LogP contribution in [0, 0.1) is 0 Å². The molecule has 0 saturated heterocycles. The van der Waals surface area contributed by atoms with Crippen LogP contribution in [-0.2, 0) is 14.3 Å². The summed E-state index contributed by atoms with van der Waals surface area (Å²) in [7, 11) is 0. The molecule has 0 rings (SSSR count). The minimum Gasteiger partial charge on any atom is -0.466 e. The minimum atomic E-state index is -0.848. The zero-order valence-corrected chi connectivity index (χ0v) is 45.4. The van der Waals surface area contributed by atoms with E-state index in [1.807, 2.05) is 6.08 Å². The van der Waals surface area contributed by atoms with E-state index in [-0.39, 0.29) is 18.5 Å². The Bertz CT molecular complexity index is 1000. The summed E-state index contributed by atoms with van der Waals surface area (Å²) >= 11 is 0. The Balaban J connectivity index is 3.45. The molecule has 67 heavy (non-hydrogen) atoms. The molecule has 0 radical (unpaired) electrons. The highest BCUT2D eigenvalue weighted by Crippen LogP contribution is 2.18. The van der Waals surface area contributed by atoms with E-state index < -0.39 is 12.1 Å². The Labute approximate surface area is 419 Å². The first-order valence-corrected chi connectivity index (χ1v) is 30.5. The predicted molar refractivity (Wildman–Crippen MR) is 292 cm³/mol. The maximum Gasteiger partial charge on any atom is 0.305 e. The van der Waals surface area contributed by atoms with E-state index >= 15 is 0 Å². The van der Waals surface area contributed by atoms with Crippen LogP contribution in [0.3, 0.4) is 0 Å². The monoisotopic (exact) mass is 946 g/mol. The van der Waals surface area contributed by atoms with Crippen molar-refractivity contribution in [1.82, 2.24) is 5.32 Å². The maximum absolute atomic E-state index is 12.5. The number of esters is 1. The number of hydrogen-bond donors (Lipinski definition) is 3. The van der Waals surface area contributed by atoms with Crippen LogP contribution in [0.1, 0.15) is 341 Å². The molecule has 0 aliphatic heterocycles. The average molecular weight is 947 g/mol. The van der Waals surface area contributed by atoms with Gasteiger partial charge in [-0.05, 0) is 32.1 Å². The lowest BCUT2D eigenvalue weighted by Crippen LogP contribution is -2.45. The molecule has 0 heterocycles. The molecule has 398 valence electrons. The second-order valence-electron chi connectivity index (χ2n) is 21.0. The van der Waals surface area contributed by atoms with Gasteiger partial charge in [-0.3, -0.25) is 9.59 Å². The van der Waals surface area contributed by atoms with Crippen molar-refractivity contribution in [3.05, 3.63) is 12.2 Å². The largest absolute Gasteiger partial charge is 0.466 e. The Morgan fingerprint density at radius 1 is 0.403 bits per heavy atom. The molecular weight excluding hydrogens is 827 g/mol. The van der Waals surface area contributed by atoms with Crippen molar-refractivity contribution < 1.29 is 24.5 Å². The molecular formula is C61H119NO5. The van der Waals surface area contributed by atoms with E-state index in [0.29, 0.717) is 19.4 Å². The van der Waals surface area contributed by atoms with Crippen LogP contribution in [-0.4, -0.2) is 47.4 Å². The topological polar surface area (TPSA) is 95.9 Å². The Morgan fingerprint density at radius 2 is 0.687 bits per heavy atom. The van der Waals surface area contributed by atoms with Crippen molar-refractivity contribution in [2.75, 3.05) is 13.2 Å². The maximum atomic E-state index is 12.5. The standard InChI is InChI=1S/C61H119NO5/c1-3-5-7-9-11-13-15-16-17-18-19-20-21-22-24-27-30-34-37-41-45-49-53-59(64)58(57-63)62-60(65)54-50-46-42-38-35-31-28-25-23-26-29-32-36-40-44-48-52-56-67-61(66)55-51-47-43-39-33-14-12-10-8-6-4-2/h49,53,58-59,63-64H,3-48,50-52,54-57H2,1-2H3,(H,62,65)/b53-49+. The van der Waals surface area contributed by atoms with E-state index in [9.17, 15) is 19.8 Å². The molecule has 2 atom stereocenters. The number of carbonyl (C=O) groups is 2. The fraction of sp³-hybridized carbons (Fsp3) is 0.934. The normalized spacial score (nSPS) is 12.6. The number of aliphatic hydroxyl groups excluding tert-OH is 2. The van der Waals surface area contributed by atoms with Crippen molar-refractivity contribution in [3.8, 4) is 0 Å². The number of unbranched alkanes of at least 4 members (excludes halogenated alkanes) is 46. The van der Waals surface area contributed by atoms with Crippen molar-refractivity contribution >= 4 is 11.9 Å². The van der Waals surface area contributed by atoms with Gasteiger partial charge in [0, 0.05) is 12.8 Å². The summed E-state index contributed by atoms with van der Waals surface area (Å²) in [5, 5.41) is 23.2. The third-order valence-electron chi connectivity index (χ3n) is 14.3. The van der Waals surface area contributed by atoms with Gasteiger partial charge in [0.25, 0.3) is 0 Å². The SMILES string of the molecule is CCCCCCCCCCCCCCCCCCCCCC/C=C/C(O)C(CO)NC(=O)CCCCCCCCCCCCCCCCCCCOC(=O)CCCCCCCCCCCCC. The Kier molecular flexibility index (Phi) is 56.0. The molecule has 0 aliphatic rings. The van der Waals surface area contributed by atoms with Gasteiger partial charge in [0.1, 0.15) is 0 Å². The van der Waals surface area contributed by atoms with E-state index in [1.165, 1.54) is 270 Å². The lowest BCUT2D eigenvalue weighted by molar-refractivity contribution is -0.143. The fourth-order valence-electron chi connectivity index (χ4n) is 9.64. The molecule has 0 aromatic carbocycles. The molecule has 6 heteroatoms. The summed E-state index contributed by atoms with van der Waals surface area (Å²) in [6.07, 6.45) is 68.1. The van der Waals surface area contributed by atoms with Gasteiger partial charge in [0.05, 0.1) is 25.4 Å². The van der Waals surface area contributed by atoms with Gasteiger partial charge in [-0.2, -0.15) is 0 Å². The number of amides is 1. The molecule has 0 aliphatic carbocycles. The summed E-state index contributed by atoms with van der Waals surface area (Å²) < 4.78 is 5.46. The molecule has 6 nitrogen and oxygen atoms in total. The second kappa shape index (κ2) is 57.2. The zero-order chi connectivity index (χ0) is 48.6. The Hall–Kier alpha value is -1.40. The summed E-state index contributed by atoms with van der Waals surface area (Å²) in [5.74, 6) is -0.0645. The van der Waals surface area contributed by atoms with Gasteiger partial charge in [-0.1, -0.05) is 309 Å². The number of hydrogen-bond acceptors (Lipinski definition) is 5. The van der Waals surface area contributed by atoms with E-state index in [2.05, 4.69) is 19.2 Å². The second-order valence-corrected chi connectivity index (χ2v) is 21.0. The first-order chi connectivity index (χ1) is 33.0. The third-order valence-corrected chi connectivity index (χ3v) is 14.3. The third kappa shape index (κ3) is 53.8. The molecule has 0 spiro atoms. The Morgan fingerprint density at radius 3 is 1.01 bits per heavy atom. The van der Waals surface area contributed by atoms with Crippen molar-refractivity contribution in [2.24, 2.45) is 0 Å². The lowest BCUT2D eigenvalue weighted by Gasteiger charge is -2.20. The molecule has 3 N–H and O–H groups in total. The van der Waals surface area contributed by atoms with Crippen LogP contribution in [0.25, 0.3) is 0 Å². The smallest absolute Gasteiger partial charge is 0.305 e. The summed E-state index contributed by atoms with van der Waals surface area (Å²) in [6, 6.07) is -0.632. The molecule has 0 saturated carbocycles. The zero-order valence-electron chi connectivity index (χ0n) is 45.4. The first-order valence-electron chi connectivity index (χ1n) is 30.5. The van der Waals surface area contributed by atoms with Gasteiger partial charge >= 0.3 is 5.97 Å². The molecule has 0 aromatic rings. The summed E-state index contributed by atoms with van der Waals surface area (Å²) in [4.78, 5) is 24.5. The van der Waals surface area contributed by atoms with Crippen LogP contribution in [0.15, 0.2) is 12.2 Å². The number of ether oxygens (including phenoxy) is 1. The van der Waals surface area contributed by atoms with Crippen LogP contribution in [0.4, 0.5) is 0 Å². The van der Waals surface area contributed by atoms with Crippen LogP contribution >= 0.6 is 0 Å². The molecule has 1 amide bonds. The first kappa shape index (κ1) is 65.6. The van der Waals surface area contributed by atoms with E-state index in [1.54, 1.807) is 6.08 Å². The van der Waals surface area contributed by atoms with Crippen LogP contribution < -0.4 is 5.32 Å². The minimum absolute atomic E-state index is 0.00496. The van der Waals surface area contributed by atoms with E-state index in [4.69, 9.17) is 4.74 Å². The average Bonchev–Trinajstić information content (AvgIpc) is 3.33. The van der Waals surface area contributed by atoms with Gasteiger partial charge in [-0.15, -0.1) is 0 Å². The number of rotatable bonds is 57. The van der Waals surface area contributed by atoms with Gasteiger partial charge in [0.2, 0.25) is 5.91 Å². The van der Waals surface area contributed by atoms with Crippen molar-refractivity contribution in [3.63, 3.8) is 0 Å². The lowest BCUT2D eigenvalue weighted by atomic mass is 10.0. The van der Waals surface area contributed by atoms with Crippen LogP contribution in [0.5, 0.6) is 0 Å².